The van der Waals surface area contributed by atoms with E-state index in [4.69, 9.17) is 8.83 Å². The maximum atomic E-state index is 6.65. The number of para-hydroxylation sites is 3. The summed E-state index contributed by atoms with van der Waals surface area (Å²) in [4.78, 5) is 0. The minimum atomic E-state index is 0.849. The first-order valence-corrected chi connectivity index (χ1v) is 15.9. The second-order valence-electron chi connectivity index (χ2n) is 12.2. The van der Waals surface area contributed by atoms with Crippen molar-refractivity contribution in [2.45, 2.75) is 6.92 Å². The summed E-state index contributed by atoms with van der Waals surface area (Å²) in [5, 5.41) is 7.92. The monoisotopic (exact) mass is 604 g/mol. The summed E-state index contributed by atoms with van der Waals surface area (Å²) in [5.74, 6) is 0.849. The Bertz CT molecular complexity index is 2930. The second kappa shape index (κ2) is 9.62. The molecule has 4 aromatic heterocycles. The number of aromatic nitrogens is 2. The zero-order chi connectivity index (χ0) is 31.2. The van der Waals surface area contributed by atoms with E-state index < -0.39 is 0 Å². The van der Waals surface area contributed by atoms with Crippen LogP contribution in [0.3, 0.4) is 0 Å². The van der Waals surface area contributed by atoms with Crippen molar-refractivity contribution in [2.75, 3.05) is 0 Å². The number of aryl methyl sites for hydroxylation is 1. The van der Waals surface area contributed by atoms with Crippen LogP contribution in [0.1, 0.15) is 11.3 Å². The summed E-state index contributed by atoms with van der Waals surface area (Å²) >= 11 is 0. The fraction of sp³-hybridized carbons (Fsp3) is 0.0233. The highest BCUT2D eigenvalue weighted by molar-refractivity contribution is 6.24. The van der Waals surface area contributed by atoms with Gasteiger partial charge in [0.15, 0.2) is 0 Å². The van der Waals surface area contributed by atoms with Crippen molar-refractivity contribution in [1.29, 1.82) is 0 Å². The summed E-state index contributed by atoms with van der Waals surface area (Å²) in [6.45, 7) is 5.98. The van der Waals surface area contributed by atoms with Gasteiger partial charge in [-0.2, -0.15) is 0 Å². The smallest absolute Gasteiger partial charge is 0.145 e. The number of nitrogens with zero attached hydrogens (tertiary/aromatic N) is 2. The van der Waals surface area contributed by atoms with E-state index in [0.29, 0.717) is 0 Å². The zero-order valence-corrected chi connectivity index (χ0v) is 25.7. The Morgan fingerprint density at radius 3 is 2.00 bits per heavy atom. The third-order valence-electron chi connectivity index (χ3n) is 9.69. The van der Waals surface area contributed by atoms with Crippen molar-refractivity contribution < 1.29 is 8.83 Å². The molecule has 4 heterocycles. The first-order valence-electron chi connectivity index (χ1n) is 15.9. The van der Waals surface area contributed by atoms with Crippen LogP contribution in [0.4, 0.5) is 0 Å². The summed E-state index contributed by atoms with van der Waals surface area (Å²) < 4.78 is 17.9. The van der Waals surface area contributed by atoms with Gasteiger partial charge in [0.25, 0.3) is 0 Å². The molecule has 0 unspecified atom stereocenters. The number of benzene rings is 6. The lowest BCUT2D eigenvalue weighted by atomic mass is 10.1. The molecule has 0 saturated carbocycles. The van der Waals surface area contributed by atoms with Crippen LogP contribution in [-0.2, 0) is 0 Å². The van der Waals surface area contributed by atoms with Crippen molar-refractivity contribution in [3.05, 3.63) is 151 Å². The predicted molar refractivity (Wildman–Crippen MR) is 196 cm³/mol. The van der Waals surface area contributed by atoms with E-state index in [2.05, 4.69) is 132 Å². The second-order valence-corrected chi connectivity index (χ2v) is 12.2. The van der Waals surface area contributed by atoms with E-state index in [0.717, 1.165) is 93.8 Å². The van der Waals surface area contributed by atoms with E-state index in [9.17, 15) is 0 Å². The van der Waals surface area contributed by atoms with Crippen LogP contribution < -0.4 is 0 Å². The third kappa shape index (κ3) is 3.52. The Hall–Kier alpha value is -6.26. The van der Waals surface area contributed by atoms with Crippen LogP contribution in [0.25, 0.3) is 94.0 Å². The minimum Gasteiger partial charge on any atom is -0.456 e. The molecule has 4 nitrogen and oxygen atoms in total. The van der Waals surface area contributed by atoms with Crippen LogP contribution in [0.5, 0.6) is 0 Å². The fourth-order valence-electron chi connectivity index (χ4n) is 7.61. The highest BCUT2D eigenvalue weighted by atomic mass is 16.3. The number of fused-ring (bicyclic) bond motifs is 12. The Kier molecular flexibility index (Phi) is 5.32. The largest absolute Gasteiger partial charge is 0.456 e. The molecule has 0 aliphatic heterocycles. The van der Waals surface area contributed by atoms with Crippen LogP contribution in [0.15, 0.2) is 149 Å². The maximum absolute atomic E-state index is 6.65. The van der Waals surface area contributed by atoms with E-state index in [1.807, 2.05) is 24.3 Å². The summed E-state index contributed by atoms with van der Waals surface area (Å²) in [7, 11) is 0. The quantitative estimate of drug-likeness (QED) is 0.187. The van der Waals surface area contributed by atoms with Gasteiger partial charge in [-0.3, -0.25) is 0 Å². The van der Waals surface area contributed by atoms with E-state index in [1.165, 1.54) is 5.39 Å². The van der Waals surface area contributed by atoms with Gasteiger partial charge in [-0.05, 0) is 79.7 Å². The lowest BCUT2D eigenvalue weighted by Gasteiger charge is -2.10. The molecule has 6 aromatic carbocycles. The number of allylic oxidation sites excluding steroid dienone is 2. The molecular weight excluding hydrogens is 576 g/mol. The Labute approximate surface area is 269 Å². The fourth-order valence-corrected chi connectivity index (χ4v) is 7.61. The predicted octanol–water partition coefficient (Wildman–Crippen LogP) is 12.0. The van der Waals surface area contributed by atoms with Crippen LogP contribution in [0.2, 0.25) is 0 Å². The molecule has 0 bridgehead atoms. The van der Waals surface area contributed by atoms with Crippen molar-refractivity contribution in [1.82, 2.24) is 9.13 Å². The molecule has 0 spiro atoms. The standard InChI is InChI=1S/C43H28N2O2/c1-3-4-17-38-26(2)29-20-23-37-41(42(29)46-38)33-25-28(19-22-35(33)44(37)27-12-6-5-7-13-27)45-34-16-10-8-15-32(34)40-36(45)24-21-31-30-14-9-11-18-39(30)47-43(31)40/h3-25H,1H2,2H3/b17-4-. The Morgan fingerprint density at radius 1 is 0.532 bits per heavy atom. The topological polar surface area (TPSA) is 36.1 Å². The number of furan rings is 2. The molecule has 0 amide bonds. The van der Waals surface area contributed by atoms with Gasteiger partial charge in [0.05, 0.1) is 32.8 Å². The molecule has 10 rings (SSSR count). The average Bonchev–Trinajstić information content (AvgIpc) is 3.84. The van der Waals surface area contributed by atoms with Gasteiger partial charge in [-0.1, -0.05) is 73.3 Å². The van der Waals surface area contributed by atoms with Gasteiger partial charge < -0.3 is 18.0 Å². The summed E-state index contributed by atoms with van der Waals surface area (Å²) in [6.07, 6.45) is 5.70. The number of hydrogen-bond donors (Lipinski definition) is 0. The molecule has 10 aromatic rings. The normalized spacial score (nSPS) is 12.4. The van der Waals surface area contributed by atoms with Gasteiger partial charge >= 0.3 is 0 Å². The minimum absolute atomic E-state index is 0.849. The molecule has 0 aliphatic rings. The van der Waals surface area contributed by atoms with Crippen LogP contribution >= 0.6 is 0 Å². The number of hydrogen-bond acceptors (Lipinski definition) is 2. The first-order chi connectivity index (χ1) is 23.2. The maximum Gasteiger partial charge on any atom is 0.145 e. The van der Waals surface area contributed by atoms with Gasteiger partial charge in [-0.15, -0.1) is 0 Å². The molecule has 0 N–H and O–H groups in total. The van der Waals surface area contributed by atoms with E-state index >= 15 is 0 Å². The SMILES string of the molecule is C=C/C=C\c1oc2c(ccc3c2c2cc(-n4c5ccccc5c5c6oc7ccccc7c6ccc54)ccc2n3-c2ccccc2)c1C. The van der Waals surface area contributed by atoms with Gasteiger partial charge in [0, 0.05) is 43.9 Å². The van der Waals surface area contributed by atoms with Crippen LogP contribution in [0, 0.1) is 6.92 Å². The molecule has 0 radical (unpaired) electrons. The van der Waals surface area contributed by atoms with Gasteiger partial charge in [0.1, 0.15) is 22.5 Å². The Balaban J connectivity index is 1.33. The number of rotatable bonds is 4. The highest BCUT2D eigenvalue weighted by Crippen LogP contribution is 2.43. The molecule has 0 saturated heterocycles. The van der Waals surface area contributed by atoms with Crippen molar-refractivity contribution >= 4 is 82.6 Å². The lowest BCUT2D eigenvalue weighted by molar-refractivity contribution is 0.604. The van der Waals surface area contributed by atoms with Crippen molar-refractivity contribution in [3.8, 4) is 11.4 Å². The zero-order valence-electron chi connectivity index (χ0n) is 25.7. The summed E-state index contributed by atoms with van der Waals surface area (Å²) in [6, 6.07) is 43.1. The lowest BCUT2D eigenvalue weighted by Crippen LogP contribution is -1.95. The van der Waals surface area contributed by atoms with Crippen molar-refractivity contribution in [3.63, 3.8) is 0 Å². The molecular formula is C43H28N2O2. The first kappa shape index (κ1) is 26.0. The average molecular weight is 605 g/mol. The summed E-state index contributed by atoms with van der Waals surface area (Å²) in [5.41, 5.74) is 10.5. The van der Waals surface area contributed by atoms with Crippen LogP contribution in [-0.4, -0.2) is 9.13 Å². The molecule has 0 fully saturated rings. The third-order valence-corrected chi connectivity index (χ3v) is 9.69. The van der Waals surface area contributed by atoms with E-state index in [1.54, 1.807) is 6.08 Å². The highest BCUT2D eigenvalue weighted by Gasteiger charge is 2.22. The molecule has 4 heteroatoms. The molecule has 0 atom stereocenters. The van der Waals surface area contributed by atoms with E-state index in [-0.39, 0.29) is 0 Å². The van der Waals surface area contributed by atoms with Crippen molar-refractivity contribution in [2.24, 2.45) is 0 Å². The molecule has 0 aliphatic carbocycles. The Morgan fingerprint density at radius 2 is 1.17 bits per heavy atom. The van der Waals surface area contributed by atoms with Gasteiger partial charge in [0.2, 0.25) is 0 Å². The molecule has 222 valence electrons. The van der Waals surface area contributed by atoms with Gasteiger partial charge in [-0.25, -0.2) is 0 Å². The molecule has 47 heavy (non-hydrogen) atoms.